The Hall–Kier alpha value is -1.84. The number of benzene rings is 1. The number of rotatable bonds is 4. The SMILES string of the molecule is Cn1nnc(CNc2ccc(Br)cc2OC(F)(F)F)n1. The van der Waals surface area contributed by atoms with Crippen LogP contribution >= 0.6 is 15.9 Å². The lowest BCUT2D eigenvalue weighted by atomic mass is 10.3. The summed E-state index contributed by atoms with van der Waals surface area (Å²) in [5, 5.41) is 14.0. The molecule has 0 radical (unpaired) electrons. The Morgan fingerprint density at radius 1 is 1.40 bits per heavy atom. The number of aromatic nitrogens is 4. The molecule has 108 valence electrons. The van der Waals surface area contributed by atoms with Crippen LogP contribution in [0.15, 0.2) is 22.7 Å². The van der Waals surface area contributed by atoms with Crippen LogP contribution in [-0.2, 0) is 13.6 Å². The number of nitrogens with zero attached hydrogens (tertiary/aromatic N) is 4. The van der Waals surface area contributed by atoms with Gasteiger partial charge < -0.3 is 10.1 Å². The minimum atomic E-state index is -4.76. The zero-order valence-electron chi connectivity index (χ0n) is 10.1. The van der Waals surface area contributed by atoms with E-state index in [1.165, 1.54) is 16.9 Å². The highest BCUT2D eigenvalue weighted by molar-refractivity contribution is 9.10. The molecule has 1 heterocycles. The predicted molar refractivity (Wildman–Crippen MR) is 66.9 cm³/mol. The fourth-order valence-corrected chi connectivity index (χ4v) is 1.76. The van der Waals surface area contributed by atoms with Crippen molar-refractivity contribution in [2.45, 2.75) is 12.9 Å². The Kier molecular flexibility index (Phi) is 4.12. The number of hydrogen-bond acceptors (Lipinski definition) is 5. The first-order valence-corrected chi connectivity index (χ1v) is 6.15. The van der Waals surface area contributed by atoms with Crippen molar-refractivity contribution in [3.63, 3.8) is 0 Å². The van der Waals surface area contributed by atoms with E-state index in [4.69, 9.17) is 0 Å². The number of halogens is 4. The molecule has 6 nitrogen and oxygen atoms in total. The maximum absolute atomic E-state index is 12.3. The molecule has 1 N–H and O–H groups in total. The van der Waals surface area contributed by atoms with Gasteiger partial charge >= 0.3 is 6.36 Å². The van der Waals surface area contributed by atoms with Crippen molar-refractivity contribution >= 4 is 21.6 Å². The molecule has 2 aromatic rings. The number of ether oxygens (including phenoxy) is 1. The molecular weight excluding hydrogens is 343 g/mol. The van der Waals surface area contributed by atoms with Crippen LogP contribution in [0.5, 0.6) is 5.75 Å². The summed E-state index contributed by atoms with van der Waals surface area (Å²) in [6, 6.07) is 4.27. The van der Waals surface area contributed by atoms with Crippen LogP contribution < -0.4 is 10.1 Å². The van der Waals surface area contributed by atoms with Crippen molar-refractivity contribution in [3.05, 3.63) is 28.5 Å². The van der Waals surface area contributed by atoms with Crippen molar-refractivity contribution in [2.24, 2.45) is 7.05 Å². The van der Waals surface area contributed by atoms with Crippen LogP contribution in [0.1, 0.15) is 5.82 Å². The van der Waals surface area contributed by atoms with Gasteiger partial charge in [0.2, 0.25) is 0 Å². The molecule has 0 aliphatic heterocycles. The molecule has 0 unspecified atom stereocenters. The monoisotopic (exact) mass is 351 g/mol. The number of anilines is 1. The van der Waals surface area contributed by atoms with Crippen molar-refractivity contribution in [3.8, 4) is 5.75 Å². The Labute approximate surface area is 120 Å². The van der Waals surface area contributed by atoms with Crippen molar-refractivity contribution in [1.29, 1.82) is 0 Å². The smallest absolute Gasteiger partial charge is 0.404 e. The van der Waals surface area contributed by atoms with Gasteiger partial charge in [-0.1, -0.05) is 15.9 Å². The standard InChI is InChI=1S/C10H9BrF3N5O/c1-19-17-9(16-18-19)5-15-7-3-2-6(11)4-8(7)20-10(12,13)14/h2-4,15H,5H2,1H3. The molecule has 1 aromatic heterocycles. The van der Waals surface area contributed by atoms with E-state index in [1.807, 2.05) is 0 Å². The fourth-order valence-electron chi connectivity index (χ4n) is 1.42. The normalized spacial score (nSPS) is 11.4. The topological polar surface area (TPSA) is 64.9 Å². The summed E-state index contributed by atoms with van der Waals surface area (Å²) < 4.78 is 41.4. The van der Waals surface area contributed by atoms with E-state index in [1.54, 1.807) is 13.1 Å². The lowest BCUT2D eigenvalue weighted by molar-refractivity contribution is -0.274. The molecule has 0 spiro atoms. The van der Waals surface area contributed by atoms with Gasteiger partial charge in [0.15, 0.2) is 11.6 Å². The lowest BCUT2D eigenvalue weighted by Gasteiger charge is -2.14. The second kappa shape index (κ2) is 5.65. The average molecular weight is 352 g/mol. The third kappa shape index (κ3) is 4.08. The minimum Gasteiger partial charge on any atom is -0.404 e. The van der Waals surface area contributed by atoms with E-state index >= 15 is 0 Å². The van der Waals surface area contributed by atoms with E-state index < -0.39 is 6.36 Å². The summed E-state index contributed by atoms with van der Waals surface area (Å²) in [6.45, 7) is 0.129. The lowest BCUT2D eigenvalue weighted by Crippen LogP contribution is -2.18. The van der Waals surface area contributed by atoms with Gasteiger partial charge in [-0.2, -0.15) is 4.80 Å². The minimum absolute atomic E-state index is 0.129. The first kappa shape index (κ1) is 14.6. The summed E-state index contributed by atoms with van der Waals surface area (Å²) in [7, 11) is 1.59. The molecule has 0 saturated heterocycles. The second-order valence-corrected chi connectivity index (χ2v) is 4.65. The molecule has 2 rings (SSSR count). The van der Waals surface area contributed by atoms with Gasteiger partial charge in [0.1, 0.15) is 0 Å². The van der Waals surface area contributed by atoms with Gasteiger partial charge in [-0.3, -0.25) is 0 Å². The van der Waals surface area contributed by atoms with E-state index in [2.05, 4.69) is 41.4 Å². The molecule has 0 bridgehead atoms. The molecule has 0 atom stereocenters. The summed E-state index contributed by atoms with van der Waals surface area (Å²) in [5.41, 5.74) is 0.179. The van der Waals surface area contributed by atoms with Gasteiger partial charge in [-0.05, 0) is 23.4 Å². The molecule has 0 saturated carbocycles. The van der Waals surface area contributed by atoms with Crippen molar-refractivity contribution < 1.29 is 17.9 Å². The molecule has 10 heteroatoms. The third-order valence-electron chi connectivity index (χ3n) is 2.16. The quantitative estimate of drug-likeness (QED) is 0.916. The zero-order chi connectivity index (χ0) is 14.8. The maximum Gasteiger partial charge on any atom is 0.573 e. The first-order valence-electron chi connectivity index (χ1n) is 5.35. The number of aryl methyl sites for hydroxylation is 1. The van der Waals surface area contributed by atoms with Gasteiger partial charge in [0.25, 0.3) is 0 Å². The van der Waals surface area contributed by atoms with E-state index in [0.717, 1.165) is 0 Å². The number of nitrogens with one attached hydrogen (secondary N) is 1. The molecule has 0 amide bonds. The van der Waals surface area contributed by atoms with Gasteiger partial charge in [0.05, 0.1) is 19.3 Å². The summed E-state index contributed by atoms with van der Waals surface area (Å²) in [6.07, 6.45) is -4.76. The summed E-state index contributed by atoms with van der Waals surface area (Å²) in [4.78, 5) is 1.26. The summed E-state index contributed by atoms with van der Waals surface area (Å²) in [5.74, 6) is 0.0177. The Morgan fingerprint density at radius 2 is 2.15 bits per heavy atom. The van der Waals surface area contributed by atoms with Crippen LogP contribution in [-0.4, -0.2) is 26.6 Å². The van der Waals surface area contributed by atoms with E-state index in [-0.39, 0.29) is 18.0 Å². The predicted octanol–water partition coefficient (Wildman–Crippen LogP) is 2.48. The van der Waals surface area contributed by atoms with Gasteiger partial charge in [-0.25, -0.2) is 0 Å². The maximum atomic E-state index is 12.3. The highest BCUT2D eigenvalue weighted by atomic mass is 79.9. The highest BCUT2D eigenvalue weighted by Crippen LogP contribution is 2.33. The zero-order valence-corrected chi connectivity index (χ0v) is 11.7. The van der Waals surface area contributed by atoms with Crippen molar-refractivity contribution in [1.82, 2.24) is 20.2 Å². The Bertz CT molecular complexity index is 601. The van der Waals surface area contributed by atoms with E-state index in [9.17, 15) is 13.2 Å². The molecule has 0 aliphatic rings. The summed E-state index contributed by atoms with van der Waals surface area (Å²) >= 11 is 3.09. The van der Waals surface area contributed by atoms with Crippen LogP contribution in [0.4, 0.5) is 18.9 Å². The van der Waals surface area contributed by atoms with Crippen LogP contribution in [0.2, 0.25) is 0 Å². The van der Waals surface area contributed by atoms with Gasteiger partial charge in [-0.15, -0.1) is 23.4 Å². The number of hydrogen-bond donors (Lipinski definition) is 1. The Morgan fingerprint density at radius 3 is 2.75 bits per heavy atom. The van der Waals surface area contributed by atoms with E-state index in [0.29, 0.717) is 10.3 Å². The van der Waals surface area contributed by atoms with Gasteiger partial charge in [0, 0.05) is 4.47 Å². The number of alkyl halides is 3. The Balaban J connectivity index is 2.14. The average Bonchev–Trinajstić information content (AvgIpc) is 2.72. The number of tetrazole rings is 1. The highest BCUT2D eigenvalue weighted by Gasteiger charge is 2.32. The van der Waals surface area contributed by atoms with Crippen LogP contribution in [0.25, 0.3) is 0 Å². The van der Waals surface area contributed by atoms with Crippen molar-refractivity contribution in [2.75, 3.05) is 5.32 Å². The molecule has 1 aromatic carbocycles. The molecule has 0 aliphatic carbocycles. The third-order valence-corrected chi connectivity index (χ3v) is 2.65. The molecule has 20 heavy (non-hydrogen) atoms. The second-order valence-electron chi connectivity index (χ2n) is 3.74. The molecular formula is C10H9BrF3N5O. The molecule has 0 fully saturated rings. The largest absolute Gasteiger partial charge is 0.573 e. The first-order chi connectivity index (χ1) is 9.33. The van der Waals surface area contributed by atoms with Crippen LogP contribution in [0, 0.1) is 0 Å². The van der Waals surface area contributed by atoms with Crippen LogP contribution in [0.3, 0.4) is 0 Å². The fraction of sp³-hybridized carbons (Fsp3) is 0.300.